The Morgan fingerprint density at radius 3 is 2.63 bits per heavy atom. The van der Waals surface area contributed by atoms with Gasteiger partial charge < -0.3 is 35.3 Å². The van der Waals surface area contributed by atoms with E-state index < -0.39 is 15.9 Å². The van der Waals surface area contributed by atoms with Crippen molar-refractivity contribution in [2.75, 3.05) is 82.0 Å². The summed E-state index contributed by atoms with van der Waals surface area (Å²) in [7, 11) is -2.32. The highest BCUT2D eigenvalue weighted by atomic mass is 32.2. The van der Waals surface area contributed by atoms with E-state index >= 15 is 0 Å². The number of nitrogens with two attached hydrogens (primary N) is 1. The van der Waals surface area contributed by atoms with Gasteiger partial charge in [0.15, 0.2) is 11.4 Å². The molecular weight excluding hydrogens is 812 g/mol. The standard InChI is InChI=1S/C45H53FN10O5S/c1-53-15-17-54(18-16-53)27-30-28-60-39-22-34(21-37(47)41(39)51-30)62(58,59)52-44(57)42-40(61-33-19-29-8-11-48-43(29)50-26-33)20-31(25-49-42)55-13-9-45(10-14-55)23-32(24-45)56-12-4-7-38(56)35-5-2-3-6-36(35)46/h2-3,5-6,8,11,19-22,25-26,30,32,38,51H,4,7,9-10,12-18,23-24,27-28,47H2,1H3,(H,48,50)(H,52,57)/t30-,38?/m0/s1. The summed E-state index contributed by atoms with van der Waals surface area (Å²) in [6.45, 7) is 7.58. The zero-order valence-corrected chi connectivity index (χ0v) is 35.7. The number of ether oxygens (including phenoxy) is 2. The molecule has 3 saturated heterocycles. The van der Waals surface area contributed by atoms with Crippen molar-refractivity contribution in [3.63, 3.8) is 0 Å². The second-order valence-corrected chi connectivity index (χ2v) is 19.5. The number of hydrogen-bond acceptors (Lipinski definition) is 13. The molecule has 3 aromatic heterocycles. The van der Waals surface area contributed by atoms with Crippen LogP contribution in [0, 0.1) is 11.2 Å². The molecule has 1 saturated carbocycles. The summed E-state index contributed by atoms with van der Waals surface area (Å²) in [5.74, 6) is -0.325. The number of nitrogens with one attached hydrogen (secondary N) is 3. The predicted molar refractivity (Wildman–Crippen MR) is 235 cm³/mol. The van der Waals surface area contributed by atoms with Gasteiger partial charge in [-0.3, -0.25) is 14.6 Å². The summed E-state index contributed by atoms with van der Waals surface area (Å²) in [6, 6.07) is 15.9. The van der Waals surface area contributed by atoms with Crippen molar-refractivity contribution in [1.82, 2.24) is 34.4 Å². The number of hydrogen-bond donors (Lipinski definition) is 4. The molecule has 62 heavy (non-hydrogen) atoms. The number of sulfonamides is 1. The van der Waals surface area contributed by atoms with E-state index in [1.54, 1.807) is 42.9 Å². The zero-order chi connectivity index (χ0) is 42.6. The number of carbonyl (C=O) groups is 1. The SMILES string of the molecule is CN1CCN(C[C@H]2COc3cc(S(=O)(=O)NC(=O)c4ncc(N5CCC6(CC5)CC(N5CCCC5c5ccccc5F)C6)cc4Oc4cnc5[nH]ccc5c4)cc(N)c3N2)CC1. The van der Waals surface area contributed by atoms with Crippen molar-refractivity contribution < 1.29 is 27.1 Å². The third kappa shape index (κ3) is 8.02. The third-order valence-electron chi connectivity index (χ3n) is 13.7. The fourth-order valence-corrected chi connectivity index (χ4v) is 11.2. The summed E-state index contributed by atoms with van der Waals surface area (Å²) < 4.78 is 57.0. The quantitative estimate of drug-likeness (QED) is 0.128. The number of aromatic nitrogens is 3. The number of likely N-dealkylation sites (N-methyl/N-ethyl adjacent to an activating group) is 1. The number of piperazine rings is 1. The summed E-state index contributed by atoms with van der Waals surface area (Å²) >= 11 is 0. The van der Waals surface area contributed by atoms with Crippen LogP contribution in [0.2, 0.25) is 0 Å². The molecule has 5 aliphatic rings. The van der Waals surface area contributed by atoms with E-state index in [2.05, 4.69) is 51.6 Å². The normalized spacial score (nSPS) is 22.2. The lowest BCUT2D eigenvalue weighted by molar-refractivity contribution is -0.0231. The Labute approximate surface area is 360 Å². The van der Waals surface area contributed by atoms with E-state index in [-0.39, 0.29) is 45.3 Å². The molecule has 2 aromatic carbocycles. The molecule has 17 heteroatoms. The molecule has 1 amide bonds. The number of fused-ring (bicyclic) bond motifs is 2. The molecule has 15 nitrogen and oxygen atoms in total. The first-order valence-corrected chi connectivity index (χ1v) is 23.1. The van der Waals surface area contributed by atoms with Crippen LogP contribution in [0.15, 0.2) is 78.1 Å². The Bertz CT molecular complexity index is 2580. The molecule has 5 N–H and O–H groups in total. The molecule has 7 heterocycles. The maximum atomic E-state index is 14.8. The van der Waals surface area contributed by atoms with Gasteiger partial charge >= 0.3 is 0 Å². The lowest BCUT2D eigenvalue weighted by atomic mass is 9.60. The first-order valence-electron chi connectivity index (χ1n) is 21.7. The number of carbonyl (C=O) groups excluding carboxylic acids is 1. The summed E-state index contributed by atoms with van der Waals surface area (Å²) in [5, 5.41) is 4.24. The van der Waals surface area contributed by atoms with Crippen molar-refractivity contribution in [2.24, 2.45) is 5.41 Å². The number of nitrogen functional groups attached to an aromatic ring is 1. The Morgan fingerprint density at radius 1 is 1.02 bits per heavy atom. The van der Waals surface area contributed by atoms with Crippen molar-refractivity contribution >= 4 is 44.0 Å². The van der Waals surface area contributed by atoms with Crippen molar-refractivity contribution in [2.45, 2.75) is 61.5 Å². The van der Waals surface area contributed by atoms with E-state index in [1.165, 1.54) is 12.1 Å². The molecule has 5 aromatic rings. The number of nitrogens with zero attached hydrogens (tertiary/aromatic N) is 6. The monoisotopic (exact) mass is 864 g/mol. The molecule has 2 atom stereocenters. The van der Waals surface area contributed by atoms with Gasteiger partial charge in [0.2, 0.25) is 0 Å². The van der Waals surface area contributed by atoms with Crippen LogP contribution in [0.3, 0.4) is 0 Å². The van der Waals surface area contributed by atoms with E-state index in [4.69, 9.17) is 15.2 Å². The molecular formula is C45H53FN10O5S. The maximum absolute atomic E-state index is 14.8. The fraction of sp³-hybridized carbons (Fsp3) is 0.444. The van der Waals surface area contributed by atoms with Crippen LogP contribution in [-0.2, 0) is 10.0 Å². The van der Waals surface area contributed by atoms with Gasteiger partial charge in [-0.25, -0.2) is 27.5 Å². The smallest absolute Gasteiger partial charge is 0.287 e. The number of aromatic amines is 1. The molecule has 4 aliphatic heterocycles. The lowest BCUT2D eigenvalue weighted by Crippen LogP contribution is -2.55. The molecule has 10 rings (SSSR count). The van der Waals surface area contributed by atoms with Crippen LogP contribution in [0.4, 0.5) is 21.5 Å². The van der Waals surface area contributed by atoms with Crippen LogP contribution in [-0.4, -0.2) is 122 Å². The number of anilines is 3. The second-order valence-electron chi connectivity index (χ2n) is 17.8. The fourth-order valence-electron chi connectivity index (χ4n) is 10.2. The number of benzene rings is 2. The van der Waals surface area contributed by atoms with Crippen molar-refractivity contribution in [3.8, 4) is 17.2 Å². The Kier molecular flexibility index (Phi) is 10.7. The van der Waals surface area contributed by atoms with Crippen LogP contribution >= 0.6 is 0 Å². The number of halogens is 1. The Balaban J connectivity index is 0.835. The van der Waals surface area contributed by atoms with Gasteiger partial charge in [-0.2, -0.15) is 0 Å². The van der Waals surface area contributed by atoms with Gasteiger partial charge in [0.25, 0.3) is 15.9 Å². The highest BCUT2D eigenvalue weighted by molar-refractivity contribution is 7.90. The van der Waals surface area contributed by atoms with Gasteiger partial charge in [-0.1, -0.05) is 18.2 Å². The number of H-pyrrole nitrogens is 1. The summed E-state index contributed by atoms with van der Waals surface area (Å²) in [4.78, 5) is 35.2. The number of piperidine rings is 1. The minimum absolute atomic E-state index is 0.0196. The van der Waals surface area contributed by atoms with E-state index in [0.717, 1.165) is 108 Å². The van der Waals surface area contributed by atoms with Crippen molar-refractivity contribution in [1.29, 1.82) is 0 Å². The number of likely N-dealkylation sites (tertiary alicyclic amines) is 1. The van der Waals surface area contributed by atoms with Crippen LogP contribution in [0.1, 0.15) is 60.6 Å². The Hall–Kier alpha value is -5.49. The highest BCUT2D eigenvalue weighted by Gasteiger charge is 2.50. The van der Waals surface area contributed by atoms with E-state index in [9.17, 15) is 17.6 Å². The first-order chi connectivity index (χ1) is 30.0. The second kappa shape index (κ2) is 16.3. The van der Waals surface area contributed by atoms with Gasteiger partial charge in [0.05, 0.1) is 34.7 Å². The van der Waals surface area contributed by atoms with E-state index in [0.29, 0.717) is 35.5 Å². The molecule has 1 aliphatic carbocycles. The number of amides is 1. The first kappa shape index (κ1) is 40.6. The zero-order valence-electron chi connectivity index (χ0n) is 34.9. The Morgan fingerprint density at radius 2 is 1.82 bits per heavy atom. The average Bonchev–Trinajstić information content (AvgIpc) is 3.94. The third-order valence-corrected chi connectivity index (χ3v) is 15.0. The largest absolute Gasteiger partial charge is 0.489 e. The maximum Gasteiger partial charge on any atom is 0.287 e. The summed E-state index contributed by atoms with van der Waals surface area (Å²) in [6.07, 6.45) is 11.1. The van der Waals surface area contributed by atoms with Gasteiger partial charge in [0, 0.05) is 87.2 Å². The molecule has 1 spiro atoms. The predicted octanol–water partition coefficient (Wildman–Crippen LogP) is 5.60. The van der Waals surface area contributed by atoms with Gasteiger partial charge in [-0.05, 0) is 81.8 Å². The average molecular weight is 865 g/mol. The number of rotatable bonds is 10. The van der Waals surface area contributed by atoms with Gasteiger partial charge in [0.1, 0.15) is 35.3 Å². The lowest BCUT2D eigenvalue weighted by Gasteiger charge is -2.56. The van der Waals surface area contributed by atoms with Gasteiger partial charge in [-0.15, -0.1) is 0 Å². The van der Waals surface area contributed by atoms with Crippen LogP contribution in [0.5, 0.6) is 17.2 Å². The molecule has 0 radical (unpaired) electrons. The molecule has 326 valence electrons. The van der Waals surface area contributed by atoms with Crippen LogP contribution in [0.25, 0.3) is 11.0 Å². The topological polar surface area (TPSA) is 174 Å². The minimum atomic E-state index is -4.43. The summed E-state index contributed by atoms with van der Waals surface area (Å²) in [5.41, 5.74) is 9.43. The van der Waals surface area contributed by atoms with Crippen molar-refractivity contribution in [3.05, 3.63) is 90.3 Å². The van der Waals surface area contributed by atoms with E-state index in [1.807, 2.05) is 18.2 Å². The highest BCUT2D eigenvalue weighted by Crippen LogP contribution is 2.54. The molecule has 1 unspecified atom stereocenters. The molecule has 0 bridgehead atoms. The minimum Gasteiger partial charge on any atom is -0.489 e. The molecule has 4 fully saturated rings. The van der Waals surface area contributed by atoms with Crippen LogP contribution < -0.4 is 30.1 Å². The number of pyridine rings is 2.